The zero-order valence-electron chi connectivity index (χ0n) is 16.8. The van der Waals surface area contributed by atoms with E-state index in [0.29, 0.717) is 42.0 Å². The van der Waals surface area contributed by atoms with Gasteiger partial charge < -0.3 is 15.1 Å². The van der Waals surface area contributed by atoms with Crippen LogP contribution >= 0.6 is 0 Å². The second kappa shape index (κ2) is 8.93. The van der Waals surface area contributed by atoms with Crippen LogP contribution in [0, 0.1) is 17.8 Å². The molecule has 3 atom stereocenters. The molecule has 2 unspecified atom stereocenters. The van der Waals surface area contributed by atoms with Crippen molar-refractivity contribution in [1.29, 1.82) is 0 Å². The van der Waals surface area contributed by atoms with E-state index in [-0.39, 0.29) is 0 Å². The highest BCUT2D eigenvalue weighted by molar-refractivity contribution is 5.77. The number of amides is 2. The smallest absolute Gasteiger partial charge is 0.222 e. The first kappa shape index (κ1) is 19.2. The lowest BCUT2D eigenvalue weighted by molar-refractivity contribution is -0.136. The molecule has 4 rings (SSSR count). The monoisotopic (exact) mass is 375 g/mol. The molecule has 4 aliphatic rings. The van der Waals surface area contributed by atoms with Gasteiger partial charge in [0.2, 0.25) is 11.8 Å². The average molecular weight is 376 g/mol. The van der Waals surface area contributed by atoms with Gasteiger partial charge >= 0.3 is 0 Å². The summed E-state index contributed by atoms with van der Waals surface area (Å²) in [5.41, 5.74) is 0. The van der Waals surface area contributed by atoms with Crippen LogP contribution in [0.5, 0.6) is 0 Å². The summed E-state index contributed by atoms with van der Waals surface area (Å²) in [4.78, 5) is 29.3. The Morgan fingerprint density at radius 2 is 1.70 bits per heavy atom. The highest BCUT2D eigenvalue weighted by atomic mass is 16.2. The molecule has 0 aromatic rings. The van der Waals surface area contributed by atoms with Crippen molar-refractivity contribution in [2.24, 2.45) is 17.8 Å². The fourth-order valence-electron chi connectivity index (χ4n) is 5.90. The third-order valence-electron chi connectivity index (χ3n) is 7.46. The molecular formula is C22H37N3O2. The van der Waals surface area contributed by atoms with Crippen LogP contribution in [0.4, 0.5) is 0 Å². The van der Waals surface area contributed by atoms with Crippen molar-refractivity contribution in [2.75, 3.05) is 32.7 Å². The Bertz CT molecular complexity index is 526. The molecule has 3 saturated heterocycles. The van der Waals surface area contributed by atoms with Gasteiger partial charge in [-0.05, 0) is 69.2 Å². The molecule has 1 N–H and O–H groups in total. The fraction of sp³-hybridized carbons (Fsp3) is 0.909. The van der Waals surface area contributed by atoms with E-state index in [9.17, 15) is 9.59 Å². The van der Waals surface area contributed by atoms with Gasteiger partial charge in [-0.2, -0.15) is 0 Å². The molecule has 0 radical (unpaired) electrons. The summed E-state index contributed by atoms with van der Waals surface area (Å²) in [6, 6.07) is 0.481. The van der Waals surface area contributed by atoms with Crippen molar-refractivity contribution in [3.63, 3.8) is 0 Å². The lowest BCUT2D eigenvalue weighted by Crippen LogP contribution is -2.57. The number of nitrogens with one attached hydrogen (secondary N) is 1. The average Bonchev–Trinajstić information content (AvgIpc) is 3.37. The van der Waals surface area contributed by atoms with Crippen LogP contribution in [0.3, 0.4) is 0 Å². The van der Waals surface area contributed by atoms with Gasteiger partial charge in [0.05, 0.1) is 0 Å². The minimum absolute atomic E-state index is 0.346. The van der Waals surface area contributed by atoms with E-state index in [0.717, 1.165) is 52.0 Å². The summed E-state index contributed by atoms with van der Waals surface area (Å²) in [5.74, 6) is 2.59. The summed E-state index contributed by atoms with van der Waals surface area (Å²) >= 11 is 0. The number of hydrogen-bond acceptors (Lipinski definition) is 3. The molecule has 5 nitrogen and oxygen atoms in total. The van der Waals surface area contributed by atoms with Crippen LogP contribution in [0.2, 0.25) is 0 Å². The molecular weight excluding hydrogens is 338 g/mol. The third kappa shape index (κ3) is 4.85. The molecule has 5 heteroatoms. The quantitative estimate of drug-likeness (QED) is 0.777. The van der Waals surface area contributed by atoms with E-state index in [4.69, 9.17) is 0 Å². The highest BCUT2D eigenvalue weighted by Gasteiger charge is 2.38. The van der Waals surface area contributed by atoms with E-state index in [1.165, 1.54) is 44.9 Å². The van der Waals surface area contributed by atoms with Gasteiger partial charge in [-0.1, -0.05) is 12.8 Å². The van der Waals surface area contributed by atoms with E-state index in [1.54, 1.807) is 0 Å². The molecule has 0 spiro atoms. The standard InChI is InChI=1S/C22H37N3O2/c26-21(24-10-3-4-11-24)9-5-8-20-19-12-18(14-23-20)15-25(16-19)22(27)13-17-6-1-2-7-17/h17-20,23H,1-16H2/t18?,19?,20-/m1/s1. The SMILES string of the molecule is O=C(CCC[C@H]1NCC2CC1CN(C(=O)CC1CCCC1)C2)N1CCCC1. The molecule has 4 fully saturated rings. The number of fused-ring (bicyclic) bond motifs is 2. The van der Waals surface area contributed by atoms with Crippen molar-refractivity contribution in [3.8, 4) is 0 Å². The maximum Gasteiger partial charge on any atom is 0.222 e. The number of likely N-dealkylation sites (tertiary alicyclic amines) is 2. The Labute approximate surface area is 164 Å². The number of piperidine rings is 2. The maximum atomic E-state index is 12.8. The Kier molecular flexibility index (Phi) is 6.36. The molecule has 3 heterocycles. The summed E-state index contributed by atoms with van der Waals surface area (Å²) in [7, 11) is 0. The van der Waals surface area contributed by atoms with E-state index >= 15 is 0 Å². The van der Waals surface area contributed by atoms with Crippen molar-refractivity contribution >= 4 is 11.8 Å². The molecule has 27 heavy (non-hydrogen) atoms. The normalized spacial score (nSPS) is 31.5. The molecule has 1 saturated carbocycles. The topological polar surface area (TPSA) is 52.7 Å². The first-order valence-corrected chi connectivity index (χ1v) is 11.5. The van der Waals surface area contributed by atoms with Crippen LogP contribution in [0.1, 0.15) is 70.6 Å². The summed E-state index contributed by atoms with van der Waals surface area (Å²) in [6.07, 6.45) is 12.2. The summed E-state index contributed by atoms with van der Waals surface area (Å²) < 4.78 is 0. The molecule has 0 aromatic heterocycles. The highest BCUT2D eigenvalue weighted by Crippen LogP contribution is 2.33. The summed E-state index contributed by atoms with van der Waals surface area (Å²) in [5, 5.41) is 3.73. The largest absolute Gasteiger partial charge is 0.343 e. The number of rotatable bonds is 6. The van der Waals surface area contributed by atoms with Crippen LogP contribution in [0.15, 0.2) is 0 Å². The van der Waals surface area contributed by atoms with E-state index in [2.05, 4.69) is 10.2 Å². The van der Waals surface area contributed by atoms with Gasteiger partial charge in [-0.25, -0.2) is 0 Å². The maximum absolute atomic E-state index is 12.8. The molecule has 3 aliphatic heterocycles. The van der Waals surface area contributed by atoms with Crippen LogP contribution in [-0.2, 0) is 9.59 Å². The zero-order chi connectivity index (χ0) is 18.6. The Morgan fingerprint density at radius 3 is 2.48 bits per heavy atom. The van der Waals surface area contributed by atoms with Gasteiger partial charge in [0, 0.05) is 45.1 Å². The number of hydrogen-bond donors (Lipinski definition) is 1. The molecule has 2 bridgehead atoms. The fourth-order valence-corrected chi connectivity index (χ4v) is 5.90. The molecule has 152 valence electrons. The number of carbonyl (C=O) groups is 2. The van der Waals surface area contributed by atoms with Gasteiger partial charge in [-0.3, -0.25) is 9.59 Å². The second-order valence-electron chi connectivity index (χ2n) is 9.51. The van der Waals surface area contributed by atoms with Gasteiger partial charge in [0.25, 0.3) is 0 Å². The minimum Gasteiger partial charge on any atom is -0.343 e. The third-order valence-corrected chi connectivity index (χ3v) is 7.46. The van der Waals surface area contributed by atoms with Gasteiger partial charge in [0.15, 0.2) is 0 Å². The predicted molar refractivity (Wildman–Crippen MR) is 106 cm³/mol. The van der Waals surface area contributed by atoms with Crippen molar-refractivity contribution in [2.45, 2.75) is 76.7 Å². The number of nitrogens with zero attached hydrogens (tertiary/aromatic N) is 2. The second-order valence-corrected chi connectivity index (χ2v) is 9.51. The zero-order valence-corrected chi connectivity index (χ0v) is 16.8. The predicted octanol–water partition coefficient (Wildman–Crippen LogP) is 2.80. The molecule has 2 amide bonds. The van der Waals surface area contributed by atoms with E-state index in [1.807, 2.05) is 4.90 Å². The minimum atomic E-state index is 0.346. The molecule has 1 aliphatic carbocycles. The first-order chi connectivity index (χ1) is 13.2. The van der Waals surface area contributed by atoms with Crippen molar-refractivity contribution in [3.05, 3.63) is 0 Å². The van der Waals surface area contributed by atoms with Gasteiger partial charge in [0.1, 0.15) is 0 Å². The number of carbonyl (C=O) groups excluding carboxylic acids is 2. The van der Waals surface area contributed by atoms with Crippen LogP contribution in [0.25, 0.3) is 0 Å². The molecule has 0 aromatic carbocycles. The first-order valence-electron chi connectivity index (χ1n) is 11.5. The van der Waals surface area contributed by atoms with Gasteiger partial charge in [-0.15, -0.1) is 0 Å². The summed E-state index contributed by atoms with van der Waals surface area (Å²) in [6.45, 7) is 4.84. The van der Waals surface area contributed by atoms with Crippen LogP contribution < -0.4 is 5.32 Å². The van der Waals surface area contributed by atoms with E-state index < -0.39 is 0 Å². The van der Waals surface area contributed by atoms with Crippen molar-refractivity contribution in [1.82, 2.24) is 15.1 Å². The van der Waals surface area contributed by atoms with Crippen LogP contribution in [-0.4, -0.2) is 60.4 Å². The van der Waals surface area contributed by atoms with Crippen molar-refractivity contribution < 1.29 is 9.59 Å². The Balaban J connectivity index is 1.23. The lowest BCUT2D eigenvalue weighted by atomic mass is 9.78. The Hall–Kier alpha value is -1.10. The lowest BCUT2D eigenvalue weighted by Gasteiger charge is -2.46. The Morgan fingerprint density at radius 1 is 0.926 bits per heavy atom.